The fraction of sp³-hybridized carbons (Fsp3) is 0.613. The molecule has 9 nitrogen and oxygen atoms in total. The van der Waals surface area contributed by atoms with Gasteiger partial charge in [-0.25, -0.2) is 4.98 Å². The highest BCUT2D eigenvalue weighted by molar-refractivity contribution is 7.99. The van der Waals surface area contributed by atoms with Crippen LogP contribution >= 0.6 is 11.8 Å². The minimum Gasteiger partial charge on any atom is -0.430 e. The first-order valence-corrected chi connectivity index (χ1v) is 15.7. The van der Waals surface area contributed by atoms with Crippen LogP contribution in [0, 0.1) is 39.9 Å². The number of thioether (sulfide) groups is 1. The first kappa shape index (κ1) is 27.1. The summed E-state index contributed by atoms with van der Waals surface area (Å²) in [7, 11) is 0. The van der Waals surface area contributed by atoms with Crippen molar-refractivity contribution in [2.24, 2.45) is 28.6 Å². The van der Waals surface area contributed by atoms with Gasteiger partial charge in [-0.1, -0.05) is 31.2 Å². The van der Waals surface area contributed by atoms with E-state index in [4.69, 9.17) is 9.68 Å². The number of nitriles is 1. The molecule has 4 aliphatic carbocycles. The summed E-state index contributed by atoms with van der Waals surface area (Å²) >= 11 is 1.29. The van der Waals surface area contributed by atoms with E-state index in [1.807, 2.05) is 16.9 Å². The number of hydrogen-bond donors (Lipinski definition) is 3. The van der Waals surface area contributed by atoms with Gasteiger partial charge in [0.1, 0.15) is 0 Å². The van der Waals surface area contributed by atoms with E-state index in [9.17, 15) is 15.3 Å². The summed E-state index contributed by atoms with van der Waals surface area (Å²) in [5.41, 5.74) is 2.69. The molecule has 7 rings (SSSR count). The Morgan fingerprint density at radius 3 is 2.98 bits per heavy atom. The molecule has 3 saturated carbocycles. The molecule has 0 bridgehead atoms. The summed E-state index contributed by atoms with van der Waals surface area (Å²) in [6, 6.07) is 5.82. The van der Waals surface area contributed by atoms with Crippen molar-refractivity contribution in [2.45, 2.75) is 88.4 Å². The summed E-state index contributed by atoms with van der Waals surface area (Å²) in [6.07, 6.45) is 9.26. The number of rotatable bonds is 6. The molecule has 0 aliphatic heterocycles. The van der Waals surface area contributed by atoms with Gasteiger partial charge in [-0.3, -0.25) is 4.68 Å². The molecule has 3 fully saturated rings. The highest BCUT2D eigenvalue weighted by Crippen LogP contribution is 2.68. The van der Waals surface area contributed by atoms with Crippen molar-refractivity contribution < 1.29 is 19.7 Å². The molecule has 0 amide bonds. The molecule has 0 aromatic carbocycles. The van der Waals surface area contributed by atoms with Crippen LogP contribution in [0.5, 0.6) is 0 Å². The van der Waals surface area contributed by atoms with Crippen LogP contribution in [0.4, 0.5) is 0 Å². The number of hydrogen-bond acceptors (Lipinski definition) is 9. The Hall–Kier alpha value is -2.71. The third-order valence-corrected chi connectivity index (χ3v) is 12.1. The molecular formula is C31H37N5O4S. The maximum absolute atomic E-state index is 12.2. The second-order valence-corrected chi connectivity index (χ2v) is 14.0. The fourth-order valence-corrected chi connectivity index (χ4v) is 10.1. The third kappa shape index (κ3) is 3.96. The van der Waals surface area contributed by atoms with Gasteiger partial charge >= 0.3 is 0 Å². The predicted molar refractivity (Wildman–Crippen MR) is 153 cm³/mol. The Bertz CT molecular complexity index is 1530. The minimum atomic E-state index is -1.31. The molecule has 10 heteroatoms. The van der Waals surface area contributed by atoms with Gasteiger partial charge in [-0.05, 0) is 85.5 Å². The third-order valence-electron chi connectivity index (χ3n) is 11.2. The van der Waals surface area contributed by atoms with E-state index in [0.29, 0.717) is 42.3 Å². The number of nitrogens with zero attached hydrogens (tertiary/aromatic N) is 5. The number of fused-ring (bicyclic) bond motifs is 7. The van der Waals surface area contributed by atoms with Gasteiger partial charge < -0.3 is 19.7 Å². The smallest absolute Gasteiger partial charge is 0.258 e. The van der Waals surface area contributed by atoms with Crippen molar-refractivity contribution in [3.63, 3.8) is 0 Å². The molecule has 0 saturated heterocycles. The summed E-state index contributed by atoms with van der Waals surface area (Å²) in [5.74, 6) is 0.807. The SMILES string of the molecule is CC12Cc3cnn(CCC#N)c3C=C1CCC1C2C(O)CC2(C)C1CCC2(O)C(O)CSc1nc2ncccc2o1. The molecule has 3 aromatic heterocycles. The number of aliphatic hydroxyl groups excluding tert-OH is 2. The van der Waals surface area contributed by atoms with Crippen molar-refractivity contribution in [3.05, 3.63) is 41.4 Å². The van der Waals surface area contributed by atoms with E-state index >= 15 is 0 Å². The molecule has 3 aromatic rings. The van der Waals surface area contributed by atoms with Crippen molar-refractivity contribution in [3.8, 4) is 6.07 Å². The summed E-state index contributed by atoms with van der Waals surface area (Å²) < 4.78 is 7.72. The monoisotopic (exact) mass is 575 g/mol. The average Bonchev–Trinajstić information content (AvgIpc) is 3.62. The Morgan fingerprint density at radius 1 is 1.32 bits per heavy atom. The zero-order chi connectivity index (χ0) is 28.6. The lowest BCUT2D eigenvalue weighted by Crippen LogP contribution is -2.63. The second kappa shape index (κ2) is 9.66. The first-order valence-electron chi connectivity index (χ1n) is 14.7. The number of aromatic nitrogens is 4. The molecular weight excluding hydrogens is 538 g/mol. The normalized spacial score (nSPS) is 36.5. The molecule has 41 heavy (non-hydrogen) atoms. The van der Waals surface area contributed by atoms with E-state index in [-0.39, 0.29) is 28.9 Å². The maximum atomic E-state index is 12.2. The standard InChI is InChI=1S/C31H37N5O4S/c1-29-14-18-16-34-36(12-4-10-32)22(18)13-19(29)6-7-20-21-8-9-31(39,30(21,2)15-23(37)26(20)29)25(38)17-41-28-35-27-24(40-28)5-3-11-33-27/h3,5,11,13,16,20-21,23,25-26,37-39H,4,6-9,12,14-15,17H2,1-2H3. The predicted octanol–water partition coefficient (Wildman–Crippen LogP) is 4.37. The van der Waals surface area contributed by atoms with Gasteiger partial charge in [0.15, 0.2) is 11.2 Å². The van der Waals surface area contributed by atoms with E-state index in [1.54, 1.807) is 12.3 Å². The largest absolute Gasteiger partial charge is 0.430 e. The quantitative estimate of drug-likeness (QED) is 0.365. The van der Waals surface area contributed by atoms with Gasteiger partial charge in [0.05, 0.1) is 48.7 Å². The highest BCUT2D eigenvalue weighted by Gasteiger charge is 2.68. The lowest BCUT2D eigenvalue weighted by Gasteiger charge is -2.61. The second-order valence-electron chi connectivity index (χ2n) is 13.1. The van der Waals surface area contributed by atoms with E-state index in [1.165, 1.54) is 22.9 Å². The van der Waals surface area contributed by atoms with E-state index in [2.05, 4.69) is 41.1 Å². The van der Waals surface area contributed by atoms with Gasteiger partial charge in [0.25, 0.3) is 5.22 Å². The lowest BCUT2D eigenvalue weighted by molar-refractivity contribution is -0.197. The fourth-order valence-electron chi connectivity index (χ4n) is 9.26. The van der Waals surface area contributed by atoms with E-state index < -0.39 is 23.2 Å². The highest BCUT2D eigenvalue weighted by atomic mass is 32.2. The Kier molecular flexibility index (Phi) is 6.40. The minimum absolute atomic E-state index is 0.0808. The summed E-state index contributed by atoms with van der Waals surface area (Å²) in [4.78, 5) is 8.62. The molecule has 4 aliphatic rings. The van der Waals surface area contributed by atoms with Crippen LogP contribution in [-0.4, -0.2) is 58.6 Å². The van der Waals surface area contributed by atoms with Gasteiger partial charge in [-0.2, -0.15) is 15.3 Å². The molecule has 8 unspecified atom stereocenters. The van der Waals surface area contributed by atoms with Crippen LogP contribution in [0.3, 0.4) is 0 Å². The van der Waals surface area contributed by atoms with Crippen LogP contribution in [0.15, 0.2) is 39.7 Å². The topological polar surface area (TPSA) is 141 Å². The summed E-state index contributed by atoms with van der Waals surface area (Å²) in [6.45, 7) is 4.98. The lowest BCUT2D eigenvalue weighted by atomic mass is 9.45. The van der Waals surface area contributed by atoms with Gasteiger partial charge in [-0.15, -0.1) is 0 Å². The zero-order valence-electron chi connectivity index (χ0n) is 23.5. The molecule has 8 atom stereocenters. The first-order chi connectivity index (χ1) is 19.7. The average molecular weight is 576 g/mol. The van der Waals surface area contributed by atoms with Gasteiger partial charge in [0.2, 0.25) is 0 Å². The van der Waals surface area contributed by atoms with Crippen LogP contribution in [0.1, 0.15) is 63.6 Å². The van der Waals surface area contributed by atoms with Crippen molar-refractivity contribution in [1.82, 2.24) is 19.7 Å². The van der Waals surface area contributed by atoms with Crippen LogP contribution in [0.25, 0.3) is 17.3 Å². The molecule has 216 valence electrons. The molecule has 0 spiro atoms. The molecule has 3 heterocycles. The zero-order valence-corrected chi connectivity index (χ0v) is 24.3. The Labute approximate surface area is 243 Å². The Balaban J connectivity index is 1.12. The summed E-state index contributed by atoms with van der Waals surface area (Å²) in [5, 5.41) is 49.6. The number of pyridine rings is 1. The van der Waals surface area contributed by atoms with Crippen LogP contribution in [-0.2, 0) is 13.0 Å². The van der Waals surface area contributed by atoms with Crippen LogP contribution < -0.4 is 0 Å². The van der Waals surface area contributed by atoms with Crippen molar-refractivity contribution >= 4 is 29.1 Å². The van der Waals surface area contributed by atoms with E-state index in [0.717, 1.165) is 31.4 Å². The van der Waals surface area contributed by atoms with Gasteiger partial charge in [0, 0.05) is 17.4 Å². The number of oxazole rings is 1. The van der Waals surface area contributed by atoms with Crippen molar-refractivity contribution in [2.75, 3.05) is 5.75 Å². The molecule has 0 radical (unpaired) electrons. The number of allylic oxidation sites excluding steroid dienone is 1. The maximum Gasteiger partial charge on any atom is 0.258 e. The molecule has 3 N–H and O–H groups in total. The number of aryl methyl sites for hydroxylation is 1. The van der Waals surface area contributed by atoms with Crippen LogP contribution in [0.2, 0.25) is 0 Å². The number of aliphatic hydroxyl groups is 3. The Morgan fingerprint density at radius 2 is 2.17 bits per heavy atom. The van der Waals surface area contributed by atoms with Crippen molar-refractivity contribution in [1.29, 1.82) is 5.26 Å².